The van der Waals surface area contributed by atoms with Gasteiger partial charge in [0.25, 0.3) is 0 Å². The van der Waals surface area contributed by atoms with E-state index in [1.54, 1.807) is 4.90 Å². The third kappa shape index (κ3) is 3.90. The molecule has 1 atom stereocenters. The van der Waals surface area contributed by atoms with Gasteiger partial charge in [0, 0.05) is 0 Å². The largest absolute Gasteiger partial charge is 0.442 e. The van der Waals surface area contributed by atoms with Crippen molar-refractivity contribution in [3.63, 3.8) is 0 Å². The summed E-state index contributed by atoms with van der Waals surface area (Å²) in [5.74, 6) is -0.0683. The van der Waals surface area contributed by atoms with Crippen molar-refractivity contribution >= 4 is 28.3 Å². The number of nitrogens with zero attached hydrogens (tertiary/aromatic N) is 1. The number of aryl methyl sites for hydroxylation is 1. The van der Waals surface area contributed by atoms with Gasteiger partial charge in [0.1, 0.15) is 11.1 Å². The molecular formula is C17H18N2O3S. The van der Waals surface area contributed by atoms with Crippen molar-refractivity contribution in [1.29, 1.82) is 0 Å². The number of benzene rings is 1. The number of cyclic esters (lactones) is 1. The quantitative estimate of drug-likeness (QED) is 0.917. The number of hydrogen-bond donors (Lipinski definition) is 1. The topological polar surface area (TPSA) is 58.6 Å². The number of carbonyl (C=O) groups excluding carboxylic acids is 2. The third-order valence-electron chi connectivity index (χ3n) is 3.62. The second kappa shape index (κ2) is 6.83. The van der Waals surface area contributed by atoms with Crippen LogP contribution in [0.2, 0.25) is 0 Å². The predicted molar refractivity (Wildman–Crippen MR) is 89.8 cm³/mol. The van der Waals surface area contributed by atoms with Crippen LogP contribution in [0.3, 0.4) is 0 Å². The first kappa shape index (κ1) is 15.6. The first-order valence-corrected chi connectivity index (χ1v) is 8.33. The van der Waals surface area contributed by atoms with Gasteiger partial charge in [-0.3, -0.25) is 9.69 Å². The molecule has 1 N–H and O–H groups in total. The van der Waals surface area contributed by atoms with E-state index in [0.717, 1.165) is 16.1 Å². The van der Waals surface area contributed by atoms with Gasteiger partial charge in [-0.2, -0.15) is 0 Å². The molecule has 5 nitrogen and oxygen atoms in total. The molecule has 0 saturated carbocycles. The van der Waals surface area contributed by atoms with E-state index in [4.69, 9.17) is 4.74 Å². The molecule has 1 aliphatic rings. The highest BCUT2D eigenvalue weighted by molar-refractivity contribution is 7.14. The molecule has 1 unspecified atom stereocenters. The number of ether oxygens (including phenoxy) is 1. The fourth-order valence-electron chi connectivity index (χ4n) is 2.53. The van der Waals surface area contributed by atoms with Crippen LogP contribution in [0.25, 0.3) is 0 Å². The first-order chi connectivity index (χ1) is 11.1. The van der Waals surface area contributed by atoms with Gasteiger partial charge in [0.15, 0.2) is 0 Å². The van der Waals surface area contributed by atoms with Crippen molar-refractivity contribution in [3.8, 4) is 0 Å². The lowest BCUT2D eigenvalue weighted by atomic mass is 10.1. The lowest BCUT2D eigenvalue weighted by Gasteiger charge is -2.11. The van der Waals surface area contributed by atoms with Crippen LogP contribution in [0.1, 0.15) is 11.1 Å². The minimum Gasteiger partial charge on any atom is -0.442 e. The molecular weight excluding hydrogens is 312 g/mol. The van der Waals surface area contributed by atoms with Crippen LogP contribution in [-0.4, -0.2) is 31.2 Å². The van der Waals surface area contributed by atoms with E-state index in [9.17, 15) is 9.59 Å². The standard InChI is InChI=1S/C17H18N2O3S/c1-12-4-2-5-13(8-12)9-15(20)18-10-14-11-19(17(21)22-14)16-6-3-7-23-16/h2-8,14H,9-11H2,1H3,(H,18,20). The van der Waals surface area contributed by atoms with Gasteiger partial charge in [-0.25, -0.2) is 4.79 Å². The molecule has 2 aromatic rings. The zero-order chi connectivity index (χ0) is 16.2. The van der Waals surface area contributed by atoms with Gasteiger partial charge in [-0.05, 0) is 30.0 Å². The summed E-state index contributed by atoms with van der Waals surface area (Å²) in [7, 11) is 0. The van der Waals surface area contributed by atoms with E-state index < -0.39 is 0 Å². The molecule has 1 saturated heterocycles. The van der Waals surface area contributed by atoms with Crippen LogP contribution in [0, 0.1) is 6.92 Å². The Labute approximate surface area is 138 Å². The zero-order valence-corrected chi connectivity index (χ0v) is 13.6. The normalized spacial score (nSPS) is 17.2. The highest BCUT2D eigenvalue weighted by Crippen LogP contribution is 2.26. The van der Waals surface area contributed by atoms with Crippen LogP contribution in [0.15, 0.2) is 41.8 Å². The van der Waals surface area contributed by atoms with Gasteiger partial charge in [0.05, 0.1) is 19.5 Å². The van der Waals surface area contributed by atoms with Crippen LogP contribution in [0.4, 0.5) is 9.80 Å². The SMILES string of the molecule is Cc1cccc(CC(=O)NCC2CN(c3cccs3)C(=O)O2)c1. The van der Waals surface area contributed by atoms with Gasteiger partial charge < -0.3 is 10.1 Å². The fourth-order valence-corrected chi connectivity index (χ4v) is 3.26. The van der Waals surface area contributed by atoms with Crippen LogP contribution in [0.5, 0.6) is 0 Å². The zero-order valence-electron chi connectivity index (χ0n) is 12.8. The van der Waals surface area contributed by atoms with E-state index in [1.807, 2.05) is 48.7 Å². The molecule has 0 spiro atoms. The Hall–Kier alpha value is -2.34. The summed E-state index contributed by atoms with van der Waals surface area (Å²) in [5, 5.41) is 5.62. The van der Waals surface area contributed by atoms with Crippen molar-refractivity contribution < 1.29 is 14.3 Å². The molecule has 0 bridgehead atoms. The van der Waals surface area contributed by atoms with E-state index in [2.05, 4.69) is 5.32 Å². The number of thiophene rings is 1. The monoisotopic (exact) mass is 330 g/mol. The molecule has 0 aliphatic carbocycles. The second-order valence-corrected chi connectivity index (χ2v) is 6.46. The molecule has 2 amide bonds. The summed E-state index contributed by atoms with van der Waals surface area (Å²) in [6.07, 6.45) is -0.340. The summed E-state index contributed by atoms with van der Waals surface area (Å²) in [6, 6.07) is 11.6. The van der Waals surface area contributed by atoms with E-state index in [1.165, 1.54) is 11.3 Å². The molecule has 1 fully saturated rings. The highest BCUT2D eigenvalue weighted by atomic mass is 32.1. The average molecular weight is 330 g/mol. The third-order valence-corrected chi connectivity index (χ3v) is 4.51. The Morgan fingerprint density at radius 3 is 3.00 bits per heavy atom. The minimum absolute atomic E-state index is 0.0683. The van der Waals surface area contributed by atoms with Crippen molar-refractivity contribution in [2.24, 2.45) is 0 Å². The molecule has 0 radical (unpaired) electrons. The summed E-state index contributed by atoms with van der Waals surface area (Å²) in [5.41, 5.74) is 2.11. The minimum atomic E-state index is -0.356. The number of carbonyl (C=O) groups is 2. The van der Waals surface area contributed by atoms with Crippen LogP contribution in [-0.2, 0) is 16.0 Å². The Kier molecular flexibility index (Phi) is 4.62. The smallest absolute Gasteiger partial charge is 0.415 e. The second-order valence-electron chi connectivity index (χ2n) is 5.54. The van der Waals surface area contributed by atoms with E-state index in [0.29, 0.717) is 19.5 Å². The molecule has 2 heterocycles. The van der Waals surface area contributed by atoms with Crippen LogP contribution >= 0.6 is 11.3 Å². The molecule has 1 aromatic heterocycles. The van der Waals surface area contributed by atoms with Gasteiger partial charge in [-0.1, -0.05) is 29.8 Å². The maximum absolute atomic E-state index is 12.0. The Morgan fingerprint density at radius 2 is 2.26 bits per heavy atom. The fraction of sp³-hybridized carbons (Fsp3) is 0.294. The maximum Gasteiger partial charge on any atom is 0.415 e. The van der Waals surface area contributed by atoms with Crippen LogP contribution < -0.4 is 10.2 Å². The molecule has 1 aliphatic heterocycles. The van der Waals surface area contributed by atoms with Crippen molar-refractivity contribution in [2.45, 2.75) is 19.4 Å². The summed E-state index contributed by atoms with van der Waals surface area (Å²) >= 11 is 1.49. The molecule has 6 heteroatoms. The lowest BCUT2D eigenvalue weighted by molar-refractivity contribution is -0.120. The summed E-state index contributed by atoms with van der Waals surface area (Å²) in [4.78, 5) is 25.5. The average Bonchev–Trinajstić information content (AvgIpc) is 3.14. The van der Waals surface area contributed by atoms with E-state index >= 15 is 0 Å². The van der Waals surface area contributed by atoms with Gasteiger partial charge in [0.2, 0.25) is 5.91 Å². The maximum atomic E-state index is 12.0. The Balaban J connectivity index is 1.49. The van der Waals surface area contributed by atoms with Crippen molar-refractivity contribution in [2.75, 3.05) is 18.0 Å². The van der Waals surface area contributed by atoms with Crippen molar-refractivity contribution in [1.82, 2.24) is 5.32 Å². The number of amides is 2. The van der Waals surface area contributed by atoms with E-state index in [-0.39, 0.29) is 18.1 Å². The summed E-state index contributed by atoms with van der Waals surface area (Å²) < 4.78 is 5.30. The number of nitrogens with one attached hydrogen (secondary N) is 1. The summed E-state index contributed by atoms with van der Waals surface area (Å²) in [6.45, 7) is 2.79. The molecule has 23 heavy (non-hydrogen) atoms. The predicted octanol–water partition coefficient (Wildman–Crippen LogP) is 2.74. The number of anilines is 1. The van der Waals surface area contributed by atoms with Gasteiger partial charge in [-0.15, -0.1) is 11.3 Å². The molecule has 1 aromatic carbocycles. The Bertz CT molecular complexity index is 700. The Morgan fingerprint density at radius 1 is 1.39 bits per heavy atom. The highest BCUT2D eigenvalue weighted by Gasteiger charge is 2.32. The first-order valence-electron chi connectivity index (χ1n) is 7.46. The molecule has 120 valence electrons. The molecule has 3 rings (SSSR count). The van der Waals surface area contributed by atoms with Gasteiger partial charge >= 0.3 is 6.09 Å². The lowest BCUT2D eigenvalue weighted by Crippen LogP contribution is -2.35. The number of hydrogen-bond acceptors (Lipinski definition) is 4. The van der Waals surface area contributed by atoms with Crippen molar-refractivity contribution in [3.05, 3.63) is 52.9 Å². The number of rotatable bonds is 5.